The Morgan fingerprint density at radius 3 is 2.33 bits per heavy atom. The maximum absolute atomic E-state index is 12.0. The number of methoxy groups -OCH3 is 1. The Bertz CT molecular complexity index is 286. The molecule has 0 bridgehead atoms. The van der Waals surface area contributed by atoms with E-state index in [0.29, 0.717) is 13.0 Å². The maximum Gasteiger partial charge on any atom is 0.323 e. The van der Waals surface area contributed by atoms with Crippen molar-refractivity contribution in [2.45, 2.75) is 45.7 Å². The van der Waals surface area contributed by atoms with Gasteiger partial charge in [0.15, 0.2) is 0 Å². The zero-order valence-electron chi connectivity index (χ0n) is 11.8. The topological polar surface area (TPSA) is 78.9 Å². The van der Waals surface area contributed by atoms with E-state index < -0.39 is 11.5 Å². The van der Waals surface area contributed by atoms with Gasteiger partial charge < -0.3 is 20.1 Å². The molecular weight excluding hydrogens is 236 g/mol. The molecule has 6 heteroatoms. The van der Waals surface area contributed by atoms with E-state index in [2.05, 4.69) is 5.32 Å². The van der Waals surface area contributed by atoms with Crippen LogP contribution in [0.4, 0.5) is 4.79 Å². The number of rotatable bonds is 6. The number of urea groups is 1. The first-order chi connectivity index (χ1) is 8.18. The van der Waals surface area contributed by atoms with Crippen LogP contribution in [0.5, 0.6) is 0 Å². The van der Waals surface area contributed by atoms with Crippen LogP contribution in [0.2, 0.25) is 0 Å². The molecule has 0 heterocycles. The average molecular weight is 260 g/mol. The smallest absolute Gasteiger partial charge is 0.323 e. The fourth-order valence-corrected chi connectivity index (χ4v) is 1.40. The first-order valence-electron chi connectivity index (χ1n) is 5.97. The van der Waals surface area contributed by atoms with Crippen LogP contribution in [0.25, 0.3) is 0 Å². The molecule has 0 spiro atoms. The van der Waals surface area contributed by atoms with Gasteiger partial charge in [-0.05, 0) is 34.1 Å². The summed E-state index contributed by atoms with van der Waals surface area (Å²) in [6.45, 7) is 7.50. The third-order valence-corrected chi connectivity index (χ3v) is 2.47. The predicted octanol–water partition coefficient (Wildman–Crippen LogP) is 1.31. The van der Waals surface area contributed by atoms with Crippen molar-refractivity contribution in [3.05, 3.63) is 0 Å². The lowest BCUT2D eigenvalue weighted by molar-refractivity contribution is -0.138. The fourth-order valence-electron chi connectivity index (χ4n) is 1.40. The predicted molar refractivity (Wildman–Crippen MR) is 68.6 cm³/mol. The van der Waals surface area contributed by atoms with Crippen LogP contribution in [0, 0.1) is 0 Å². The van der Waals surface area contributed by atoms with Gasteiger partial charge in [0.05, 0.1) is 0 Å². The number of nitrogens with one attached hydrogen (secondary N) is 1. The Morgan fingerprint density at radius 2 is 1.94 bits per heavy atom. The Balaban J connectivity index is 4.52. The summed E-state index contributed by atoms with van der Waals surface area (Å²) in [7, 11) is 1.60. The highest BCUT2D eigenvalue weighted by Crippen LogP contribution is 2.13. The summed E-state index contributed by atoms with van der Waals surface area (Å²) in [5.74, 6) is -1.02. The fraction of sp³-hybridized carbons (Fsp3) is 0.833. The molecule has 106 valence electrons. The second-order valence-electron chi connectivity index (χ2n) is 5.28. The monoisotopic (exact) mass is 260 g/mol. The standard InChI is InChI=1S/C12H24N2O4/c1-9(6-7-18-5)13-11(17)14(8-10(15)16)12(2,3)4/h9H,6-8H2,1-5H3,(H,13,17)(H,15,16). The third kappa shape index (κ3) is 6.44. The van der Waals surface area contributed by atoms with Crippen molar-refractivity contribution < 1.29 is 19.4 Å². The van der Waals surface area contributed by atoms with E-state index >= 15 is 0 Å². The Morgan fingerprint density at radius 1 is 1.39 bits per heavy atom. The molecule has 0 aliphatic heterocycles. The van der Waals surface area contributed by atoms with Gasteiger partial charge in [-0.1, -0.05) is 0 Å². The van der Waals surface area contributed by atoms with Crippen molar-refractivity contribution in [2.75, 3.05) is 20.3 Å². The van der Waals surface area contributed by atoms with Crippen LogP contribution in [0.1, 0.15) is 34.1 Å². The minimum Gasteiger partial charge on any atom is -0.480 e. The first-order valence-corrected chi connectivity index (χ1v) is 5.97. The normalized spacial score (nSPS) is 12.9. The number of hydrogen-bond acceptors (Lipinski definition) is 3. The highest BCUT2D eigenvalue weighted by Gasteiger charge is 2.28. The molecule has 0 aliphatic rings. The molecule has 1 unspecified atom stereocenters. The molecule has 0 aromatic rings. The van der Waals surface area contributed by atoms with E-state index in [1.54, 1.807) is 27.9 Å². The van der Waals surface area contributed by atoms with Gasteiger partial charge in [-0.3, -0.25) is 4.79 Å². The maximum atomic E-state index is 12.0. The van der Waals surface area contributed by atoms with Crippen molar-refractivity contribution in [2.24, 2.45) is 0 Å². The summed E-state index contributed by atoms with van der Waals surface area (Å²) >= 11 is 0. The van der Waals surface area contributed by atoms with Crippen molar-refractivity contribution >= 4 is 12.0 Å². The number of carboxylic acid groups (broad SMARTS) is 1. The van der Waals surface area contributed by atoms with Crippen LogP contribution in [0.15, 0.2) is 0 Å². The number of ether oxygens (including phenoxy) is 1. The molecule has 0 aromatic heterocycles. The van der Waals surface area contributed by atoms with E-state index in [0.717, 1.165) is 0 Å². The Hall–Kier alpha value is -1.30. The number of aliphatic carboxylic acids is 1. The molecule has 2 amide bonds. The molecule has 0 aromatic carbocycles. The second-order valence-corrected chi connectivity index (χ2v) is 5.28. The lowest BCUT2D eigenvalue weighted by Crippen LogP contribution is -2.54. The largest absolute Gasteiger partial charge is 0.480 e. The molecule has 18 heavy (non-hydrogen) atoms. The van der Waals surface area contributed by atoms with Crippen LogP contribution >= 0.6 is 0 Å². The Kier molecular flexibility index (Phi) is 6.68. The van der Waals surface area contributed by atoms with Crippen LogP contribution in [0.3, 0.4) is 0 Å². The quantitative estimate of drug-likeness (QED) is 0.754. The number of hydrogen-bond donors (Lipinski definition) is 2. The van der Waals surface area contributed by atoms with E-state index in [1.807, 2.05) is 6.92 Å². The van der Waals surface area contributed by atoms with E-state index in [9.17, 15) is 9.59 Å². The number of amides is 2. The molecule has 6 nitrogen and oxygen atoms in total. The van der Waals surface area contributed by atoms with Gasteiger partial charge >= 0.3 is 12.0 Å². The van der Waals surface area contributed by atoms with Gasteiger partial charge in [-0.25, -0.2) is 4.79 Å². The summed E-state index contributed by atoms with van der Waals surface area (Å²) in [5.41, 5.74) is -0.538. The van der Waals surface area contributed by atoms with E-state index in [4.69, 9.17) is 9.84 Å². The van der Waals surface area contributed by atoms with Crippen molar-refractivity contribution in [1.82, 2.24) is 10.2 Å². The SMILES string of the molecule is COCCC(C)NC(=O)N(CC(=O)O)C(C)(C)C. The molecule has 0 saturated heterocycles. The van der Waals surface area contributed by atoms with E-state index in [1.165, 1.54) is 4.90 Å². The third-order valence-electron chi connectivity index (χ3n) is 2.47. The zero-order valence-corrected chi connectivity index (χ0v) is 11.8. The first kappa shape index (κ1) is 16.7. The molecule has 2 N–H and O–H groups in total. The molecule has 0 fully saturated rings. The average Bonchev–Trinajstić information content (AvgIpc) is 2.21. The summed E-state index contributed by atoms with van der Waals surface area (Å²) in [4.78, 5) is 24.1. The van der Waals surface area contributed by atoms with Crippen LogP contribution in [-0.2, 0) is 9.53 Å². The molecule has 1 atom stereocenters. The minimum absolute atomic E-state index is 0.0592. The summed E-state index contributed by atoms with van der Waals surface area (Å²) in [5, 5.41) is 11.6. The van der Waals surface area contributed by atoms with Gasteiger partial charge in [-0.15, -0.1) is 0 Å². The molecular formula is C12H24N2O4. The van der Waals surface area contributed by atoms with Crippen LogP contribution in [-0.4, -0.2) is 53.8 Å². The number of nitrogens with zero attached hydrogens (tertiary/aromatic N) is 1. The second kappa shape index (κ2) is 7.20. The lowest BCUT2D eigenvalue weighted by Gasteiger charge is -2.35. The highest BCUT2D eigenvalue weighted by molar-refractivity contribution is 5.80. The zero-order chi connectivity index (χ0) is 14.3. The summed E-state index contributed by atoms with van der Waals surface area (Å²) < 4.78 is 4.93. The minimum atomic E-state index is -1.02. The van der Waals surface area contributed by atoms with Crippen LogP contribution < -0.4 is 5.32 Å². The molecule has 0 aliphatic carbocycles. The van der Waals surface area contributed by atoms with Gasteiger partial charge in [0.25, 0.3) is 0 Å². The molecule has 0 saturated carbocycles. The molecule has 0 radical (unpaired) electrons. The number of carboxylic acids is 1. The van der Waals surface area contributed by atoms with Gasteiger partial charge in [0, 0.05) is 25.3 Å². The number of carbonyl (C=O) groups is 2. The highest BCUT2D eigenvalue weighted by atomic mass is 16.5. The Labute approximate surface area is 108 Å². The van der Waals surface area contributed by atoms with Gasteiger partial charge in [0.2, 0.25) is 0 Å². The molecule has 0 rings (SSSR count). The lowest BCUT2D eigenvalue weighted by atomic mass is 10.1. The number of carbonyl (C=O) groups excluding carboxylic acids is 1. The summed E-state index contributed by atoms with van der Waals surface area (Å²) in [6, 6.07) is -0.426. The van der Waals surface area contributed by atoms with Crippen molar-refractivity contribution in [3.63, 3.8) is 0 Å². The van der Waals surface area contributed by atoms with E-state index in [-0.39, 0.29) is 18.6 Å². The summed E-state index contributed by atoms with van der Waals surface area (Å²) in [6.07, 6.45) is 0.688. The van der Waals surface area contributed by atoms with Gasteiger partial charge in [-0.2, -0.15) is 0 Å². The van der Waals surface area contributed by atoms with Crippen molar-refractivity contribution in [1.29, 1.82) is 0 Å². The van der Waals surface area contributed by atoms with Gasteiger partial charge in [0.1, 0.15) is 6.54 Å². The van der Waals surface area contributed by atoms with Crippen molar-refractivity contribution in [3.8, 4) is 0 Å².